The Hall–Kier alpha value is -3.16. The normalized spacial score (nSPS) is 30.2. The summed E-state index contributed by atoms with van der Waals surface area (Å²) >= 11 is 0. The first-order valence-electron chi connectivity index (χ1n) is 14.3. The van der Waals surface area contributed by atoms with Gasteiger partial charge >= 0.3 is 13.2 Å². The van der Waals surface area contributed by atoms with Crippen LogP contribution >= 0.6 is 0 Å². The Balaban J connectivity index is 1.47. The smallest absolute Gasteiger partial charge is 0.444 e. The number of nitrogens with one attached hydrogen (secondary N) is 1. The molecule has 4 aliphatic rings. The van der Waals surface area contributed by atoms with Crippen molar-refractivity contribution in [2.24, 2.45) is 0 Å². The Bertz CT molecular complexity index is 1330. The van der Waals surface area contributed by atoms with Crippen molar-refractivity contribution in [2.45, 2.75) is 115 Å². The molecular weight excluding hydrogens is 524 g/mol. The molecule has 4 atom stereocenters. The van der Waals surface area contributed by atoms with Gasteiger partial charge in [-0.3, -0.25) is 4.79 Å². The molecule has 0 spiro atoms. The fraction of sp³-hybridized carbons (Fsp3) is 0.581. The molecule has 41 heavy (non-hydrogen) atoms. The molecule has 2 bridgehead atoms. The van der Waals surface area contributed by atoms with Gasteiger partial charge in [-0.2, -0.15) is 5.26 Å². The predicted molar refractivity (Wildman–Crippen MR) is 153 cm³/mol. The summed E-state index contributed by atoms with van der Waals surface area (Å²) in [5, 5.41) is 13.0. The van der Waals surface area contributed by atoms with E-state index in [1.165, 1.54) is 6.08 Å². The van der Waals surface area contributed by atoms with Gasteiger partial charge < -0.3 is 24.3 Å². The zero-order chi connectivity index (χ0) is 30.0. The molecule has 0 aromatic heterocycles. The Morgan fingerprint density at radius 3 is 2.34 bits per heavy atom. The van der Waals surface area contributed by atoms with Gasteiger partial charge in [0, 0.05) is 12.5 Å². The van der Waals surface area contributed by atoms with Gasteiger partial charge in [0.1, 0.15) is 5.60 Å². The van der Waals surface area contributed by atoms with Gasteiger partial charge in [-0.25, -0.2) is 9.18 Å². The molecule has 0 unspecified atom stereocenters. The van der Waals surface area contributed by atoms with Crippen LogP contribution in [0.2, 0.25) is 0 Å². The van der Waals surface area contributed by atoms with E-state index in [9.17, 15) is 14.9 Å². The van der Waals surface area contributed by atoms with Crippen molar-refractivity contribution >= 4 is 24.7 Å². The molecule has 1 N–H and O–H groups in total. The second kappa shape index (κ2) is 9.99. The molecule has 1 aromatic carbocycles. The molecule has 1 aliphatic carbocycles. The van der Waals surface area contributed by atoms with E-state index in [1.807, 2.05) is 64.1 Å². The summed E-state index contributed by atoms with van der Waals surface area (Å²) in [7, 11) is -0.830. The zero-order valence-electron chi connectivity index (χ0n) is 24.9. The SMILES string of the molecule is CC(C)(C)OC(=O)N[C@H]1C[C@H]2CC[C@@H]1N2C(=O)[C@@]1(F)CC(c2ccccc2)=C(B2OC(C)(C)C(C)(C)O2)C=C1C#N. The number of hydrogen-bond donors (Lipinski definition) is 1. The molecule has 3 heterocycles. The second-order valence-electron chi connectivity index (χ2n) is 13.5. The van der Waals surface area contributed by atoms with Crippen LogP contribution in [0.15, 0.2) is 47.5 Å². The van der Waals surface area contributed by atoms with Gasteiger partial charge in [-0.15, -0.1) is 0 Å². The van der Waals surface area contributed by atoms with Gasteiger partial charge in [0.25, 0.3) is 5.91 Å². The molecule has 3 saturated heterocycles. The summed E-state index contributed by atoms with van der Waals surface area (Å²) in [5.74, 6) is -0.743. The number of benzene rings is 1. The number of ether oxygens (including phenoxy) is 1. The van der Waals surface area contributed by atoms with Crippen LogP contribution < -0.4 is 5.32 Å². The van der Waals surface area contributed by atoms with Gasteiger partial charge in [-0.05, 0) is 90.4 Å². The highest BCUT2D eigenvalue weighted by Crippen LogP contribution is 2.48. The van der Waals surface area contributed by atoms with E-state index >= 15 is 4.39 Å². The zero-order valence-corrected chi connectivity index (χ0v) is 24.9. The van der Waals surface area contributed by atoms with Crippen LogP contribution in [0.5, 0.6) is 0 Å². The fourth-order valence-corrected chi connectivity index (χ4v) is 6.32. The molecule has 218 valence electrons. The van der Waals surface area contributed by atoms with E-state index in [1.54, 1.807) is 25.7 Å². The Kier molecular flexibility index (Phi) is 7.15. The van der Waals surface area contributed by atoms with Gasteiger partial charge in [-0.1, -0.05) is 30.3 Å². The standard InChI is InChI=1S/C31H39BFN3O5/c1-28(2,3)39-27(38)35-24-16-21-13-14-25(24)36(21)26(37)31(33)17-22(19-11-9-8-10-12-19)23(15-20(31)18-34)32-40-29(4,5)30(6,7)41-32/h8-12,15,21,24-25H,13-14,16-17H2,1-7H3,(H,35,38)/t21-,24+,25+,31-/m1/s1. The number of allylic oxidation sites excluding steroid dienone is 3. The minimum absolute atomic E-state index is 0.228. The van der Waals surface area contributed by atoms with Crippen molar-refractivity contribution in [2.75, 3.05) is 0 Å². The lowest BCUT2D eigenvalue weighted by molar-refractivity contribution is -0.142. The van der Waals surface area contributed by atoms with Crippen LogP contribution in [0.4, 0.5) is 9.18 Å². The van der Waals surface area contributed by atoms with Crippen molar-refractivity contribution in [3.8, 4) is 6.07 Å². The lowest BCUT2D eigenvalue weighted by atomic mass is 9.66. The third-order valence-electron chi connectivity index (χ3n) is 9.06. The first-order chi connectivity index (χ1) is 19.1. The summed E-state index contributed by atoms with van der Waals surface area (Å²) in [6, 6.07) is 10.3. The summed E-state index contributed by atoms with van der Waals surface area (Å²) in [5.41, 5.74) is -2.95. The van der Waals surface area contributed by atoms with E-state index in [0.29, 0.717) is 30.3 Å². The lowest BCUT2D eigenvalue weighted by Gasteiger charge is -2.36. The quantitative estimate of drug-likeness (QED) is 0.500. The predicted octanol–water partition coefficient (Wildman–Crippen LogP) is 5.29. The summed E-state index contributed by atoms with van der Waals surface area (Å²) in [4.78, 5) is 28.2. The highest BCUT2D eigenvalue weighted by Gasteiger charge is 2.59. The topological polar surface area (TPSA) is 101 Å². The summed E-state index contributed by atoms with van der Waals surface area (Å²) in [6.07, 6.45) is 2.42. The molecule has 3 fully saturated rings. The number of alkyl carbamates (subject to hydrolysis) is 1. The van der Waals surface area contributed by atoms with Gasteiger partial charge in [0.15, 0.2) is 0 Å². The fourth-order valence-electron chi connectivity index (χ4n) is 6.32. The third-order valence-corrected chi connectivity index (χ3v) is 9.06. The molecule has 3 aliphatic heterocycles. The maximum Gasteiger partial charge on any atom is 0.495 e. The lowest BCUT2D eigenvalue weighted by Crippen LogP contribution is -2.53. The first-order valence-corrected chi connectivity index (χ1v) is 14.3. The Labute approximate surface area is 242 Å². The number of hydrogen-bond acceptors (Lipinski definition) is 6. The first kappa shape index (κ1) is 29.3. The van der Waals surface area contributed by atoms with Crippen molar-refractivity contribution in [1.29, 1.82) is 5.26 Å². The number of fused-ring (bicyclic) bond motifs is 2. The molecule has 0 saturated carbocycles. The maximum absolute atomic E-state index is 17.3. The molecule has 1 aromatic rings. The molecule has 5 rings (SSSR count). The van der Waals surface area contributed by atoms with Crippen LogP contribution in [0.3, 0.4) is 0 Å². The molecule has 0 radical (unpaired) electrons. The van der Waals surface area contributed by atoms with Crippen molar-refractivity contribution in [3.63, 3.8) is 0 Å². The van der Waals surface area contributed by atoms with E-state index in [-0.39, 0.29) is 30.1 Å². The van der Waals surface area contributed by atoms with E-state index in [0.717, 1.165) is 5.56 Å². The molecule has 8 nitrogen and oxygen atoms in total. The number of alkyl halides is 1. The van der Waals surface area contributed by atoms with Crippen LogP contribution in [0, 0.1) is 11.3 Å². The van der Waals surface area contributed by atoms with Crippen molar-refractivity contribution < 1.29 is 28.0 Å². The van der Waals surface area contributed by atoms with Crippen LogP contribution in [-0.2, 0) is 18.8 Å². The molecule has 2 amide bonds. The number of rotatable bonds is 4. The minimum Gasteiger partial charge on any atom is -0.444 e. The van der Waals surface area contributed by atoms with Crippen LogP contribution in [-0.4, -0.2) is 64.6 Å². The number of nitriles is 1. The highest BCUT2D eigenvalue weighted by atomic mass is 19.1. The van der Waals surface area contributed by atoms with Crippen LogP contribution in [0.1, 0.15) is 79.7 Å². The van der Waals surface area contributed by atoms with Crippen molar-refractivity contribution in [3.05, 3.63) is 53.0 Å². The monoisotopic (exact) mass is 563 g/mol. The average molecular weight is 563 g/mol. The number of nitrogens with zero attached hydrogens (tertiary/aromatic N) is 2. The summed E-state index contributed by atoms with van der Waals surface area (Å²) in [6.45, 7) is 13.1. The number of amides is 2. The molecular formula is C31H39BFN3O5. The number of halogens is 1. The largest absolute Gasteiger partial charge is 0.495 e. The van der Waals surface area contributed by atoms with Gasteiger partial charge in [0.2, 0.25) is 5.67 Å². The maximum atomic E-state index is 17.3. The Morgan fingerprint density at radius 1 is 1.12 bits per heavy atom. The second-order valence-corrected chi connectivity index (χ2v) is 13.5. The minimum atomic E-state index is -2.57. The van der Waals surface area contributed by atoms with Crippen molar-refractivity contribution in [1.82, 2.24) is 10.2 Å². The summed E-state index contributed by atoms with van der Waals surface area (Å²) < 4.78 is 35.3. The van der Waals surface area contributed by atoms with E-state index in [2.05, 4.69) is 5.32 Å². The number of carbonyl (C=O) groups excluding carboxylic acids is 2. The Morgan fingerprint density at radius 2 is 1.76 bits per heavy atom. The average Bonchev–Trinajstić information content (AvgIpc) is 3.50. The third kappa shape index (κ3) is 5.19. The van der Waals surface area contributed by atoms with E-state index in [4.69, 9.17) is 14.0 Å². The number of carbonyl (C=O) groups is 2. The highest BCUT2D eigenvalue weighted by molar-refractivity contribution is 6.57. The van der Waals surface area contributed by atoms with Gasteiger partial charge in [0.05, 0.1) is 34.9 Å². The van der Waals surface area contributed by atoms with E-state index < -0.39 is 41.6 Å². The van der Waals surface area contributed by atoms with Crippen LogP contribution in [0.25, 0.3) is 5.57 Å². The molecule has 10 heteroatoms.